The van der Waals surface area contributed by atoms with Crippen LogP contribution in [-0.2, 0) is 5.41 Å². The van der Waals surface area contributed by atoms with Crippen LogP contribution in [0.25, 0.3) is 0 Å². The summed E-state index contributed by atoms with van der Waals surface area (Å²) in [7, 11) is 0. The van der Waals surface area contributed by atoms with E-state index < -0.39 is 0 Å². The molecular weight excluding hydrogens is 244 g/mol. The lowest BCUT2D eigenvalue weighted by Crippen LogP contribution is -2.42. The van der Waals surface area contributed by atoms with E-state index in [-0.39, 0.29) is 5.41 Å². The molecule has 0 amide bonds. The van der Waals surface area contributed by atoms with Gasteiger partial charge in [0.1, 0.15) is 0 Å². The molecule has 1 heterocycles. The van der Waals surface area contributed by atoms with Crippen molar-refractivity contribution in [3.63, 3.8) is 0 Å². The summed E-state index contributed by atoms with van der Waals surface area (Å²) < 4.78 is 0. The van der Waals surface area contributed by atoms with E-state index in [1.807, 2.05) is 0 Å². The first-order valence-corrected chi connectivity index (χ1v) is 8.04. The lowest BCUT2D eigenvalue weighted by molar-refractivity contribution is 0.371. The van der Waals surface area contributed by atoms with Crippen LogP contribution in [0.1, 0.15) is 64.1 Å². The number of benzene rings is 1. The smallest absolute Gasteiger partial charge is 0.0292 e. The van der Waals surface area contributed by atoms with Gasteiger partial charge in [0.05, 0.1) is 0 Å². The third-order valence-electron chi connectivity index (χ3n) is 4.36. The molecule has 1 fully saturated rings. The number of rotatable bonds is 4. The quantitative estimate of drug-likeness (QED) is 0.873. The average Bonchev–Trinajstić information content (AvgIpc) is 2.45. The second-order valence-electron chi connectivity index (χ2n) is 7.15. The van der Waals surface area contributed by atoms with Gasteiger partial charge < -0.3 is 10.6 Å². The van der Waals surface area contributed by atoms with Crippen molar-refractivity contribution in [2.24, 2.45) is 0 Å². The van der Waals surface area contributed by atoms with Gasteiger partial charge in [-0.15, -0.1) is 0 Å². The van der Waals surface area contributed by atoms with E-state index in [4.69, 9.17) is 0 Å². The van der Waals surface area contributed by atoms with Gasteiger partial charge in [-0.25, -0.2) is 0 Å². The number of hydrogen-bond acceptors (Lipinski definition) is 2. The van der Waals surface area contributed by atoms with E-state index in [0.717, 1.165) is 6.54 Å². The Morgan fingerprint density at radius 3 is 2.45 bits per heavy atom. The fourth-order valence-corrected chi connectivity index (χ4v) is 2.81. The van der Waals surface area contributed by atoms with Crippen LogP contribution in [-0.4, -0.2) is 19.1 Å². The zero-order valence-corrected chi connectivity index (χ0v) is 13.5. The van der Waals surface area contributed by atoms with Crippen molar-refractivity contribution < 1.29 is 0 Å². The number of hydrogen-bond donors (Lipinski definition) is 2. The van der Waals surface area contributed by atoms with Crippen molar-refractivity contribution in [2.75, 3.05) is 13.1 Å². The summed E-state index contributed by atoms with van der Waals surface area (Å²) in [6, 6.07) is 10.2. The van der Waals surface area contributed by atoms with E-state index in [1.54, 1.807) is 0 Å². The number of nitrogens with one attached hydrogen (secondary N) is 2. The molecule has 112 valence electrons. The molecule has 1 saturated heterocycles. The van der Waals surface area contributed by atoms with Gasteiger partial charge >= 0.3 is 0 Å². The lowest BCUT2D eigenvalue weighted by atomic mass is 9.86. The van der Waals surface area contributed by atoms with Crippen molar-refractivity contribution in [3.8, 4) is 0 Å². The standard InChI is InChI=1S/C18H30N2/c1-14(20-13-17-7-5-6-12-19-17)15-8-10-16(11-9-15)18(2,3)4/h8-11,14,17,19-20H,5-7,12-13H2,1-4H3. The van der Waals surface area contributed by atoms with Gasteiger partial charge in [-0.05, 0) is 42.9 Å². The second kappa shape index (κ2) is 6.73. The van der Waals surface area contributed by atoms with Gasteiger partial charge in [-0.2, -0.15) is 0 Å². The van der Waals surface area contributed by atoms with Gasteiger partial charge in [-0.1, -0.05) is 51.5 Å². The predicted octanol–water partition coefficient (Wildman–Crippen LogP) is 3.78. The van der Waals surface area contributed by atoms with Crippen molar-refractivity contribution in [1.29, 1.82) is 0 Å². The summed E-state index contributed by atoms with van der Waals surface area (Å²) in [4.78, 5) is 0. The second-order valence-corrected chi connectivity index (χ2v) is 7.15. The molecule has 2 heteroatoms. The molecule has 2 rings (SSSR count). The first kappa shape index (κ1) is 15.5. The first-order chi connectivity index (χ1) is 9.47. The van der Waals surface area contributed by atoms with Crippen LogP contribution >= 0.6 is 0 Å². The SMILES string of the molecule is CC(NCC1CCCCN1)c1ccc(C(C)(C)C)cc1. The molecule has 1 aliphatic rings. The maximum absolute atomic E-state index is 3.66. The Hall–Kier alpha value is -0.860. The summed E-state index contributed by atoms with van der Waals surface area (Å²) in [5, 5.41) is 7.26. The van der Waals surface area contributed by atoms with Gasteiger partial charge in [0.25, 0.3) is 0 Å². The molecule has 1 aromatic rings. The van der Waals surface area contributed by atoms with Crippen molar-refractivity contribution in [2.45, 2.75) is 64.5 Å². The summed E-state index contributed by atoms with van der Waals surface area (Å²) in [6.07, 6.45) is 4.01. The molecule has 2 nitrogen and oxygen atoms in total. The van der Waals surface area contributed by atoms with Gasteiger partial charge in [0.15, 0.2) is 0 Å². The summed E-state index contributed by atoms with van der Waals surface area (Å²) in [6.45, 7) is 11.3. The molecule has 0 bridgehead atoms. The number of piperidine rings is 1. The predicted molar refractivity (Wildman–Crippen MR) is 87.2 cm³/mol. The van der Waals surface area contributed by atoms with E-state index in [2.05, 4.69) is 62.6 Å². The Kier molecular flexibility index (Phi) is 5.22. The molecular formula is C18H30N2. The molecule has 0 saturated carbocycles. The lowest BCUT2D eigenvalue weighted by Gasteiger charge is -2.26. The van der Waals surface area contributed by atoms with Crippen LogP contribution in [0.15, 0.2) is 24.3 Å². The summed E-state index contributed by atoms with van der Waals surface area (Å²) in [5.41, 5.74) is 3.03. The Morgan fingerprint density at radius 1 is 1.20 bits per heavy atom. The fraction of sp³-hybridized carbons (Fsp3) is 0.667. The Bertz CT molecular complexity index is 396. The van der Waals surface area contributed by atoms with Crippen LogP contribution in [0.2, 0.25) is 0 Å². The molecule has 0 aliphatic carbocycles. The highest BCUT2D eigenvalue weighted by atomic mass is 15.0. The van der Waals surface area contributed by atoms with Crippen LogP contribution in [0, 0.1) is 0 Å². The van der Waals surface area contributed by atoms with Gasteiger partial charge in [0, 0.05) is 18.6 Å². The third-order valence-corrected chi connectivity index (χ3v) is 4.36. The molecule has 0 radical (unpaired) electrons. The Labute approximate surface area is 124 Å². The Balaban J connectivity index is 1.87. The topological polar surface area (TPSA) is 24.1 Å². The first-order valence-electron chi connectivity index (χ1n) is 8.04. The minimum absolute atomic E-state index is 0.237. The minimum atomic E-state index is 0.237. The molecule has 1 aliphatic heterocycles. The van der Waals surface area contributed by atoms with E-state index >= 15 is 0 Å². The monoisotopic (exact) mass is 274 g/mol. The van der Waals surface area contributed by atoms with E-state index in [1.165, 1.54) is 36.9 Å². The van der Waals surface area contributed by atoms with Crippen molar-refractivity contribution >= 4 is 0 Å². The maximum Gasteiger partial charge on any atom is 0.0292 e. The molecule has 2 unspecified atom stereocenters. The van der Waals surface area contributed by atoms with E-state index in [9.17, 15) is 0 Å². The minimum Gasteiger partial charge on any atom is -0.313 e. The zero-order valence-electron chi connectivity index (χ0n) is 13.5. The molecule has 0 spiro atoms. The Morgan fingerprint density at radius 2 is 1.90 bits per heavy atom. The normalized spacial score (nSPS) is 21.7. The molecule has 1 aromatic carbocycles. The van der Waals surface area contributed by atoms with Crippen LogP contribution in [0.4, 0.5) is 0 Å². The zero-order chi connectivity index (χ0) is 14.6. The maximum atomic E-state index is 3.66. The van der Waals surface area contributed by atoms with Crippen LogP contribution < -0.4 is 10.6 Å². The fourth-order valence-electron chi connectivity index (χ4n) is 2.81. The van der Waals surface area contributed by atoms with Crippen LogP contribution in [0.3, 0.4) is 0 Å². The van der Waals surface area contributed by atoms with Gasteiger partial charge in [0.2, 0.25) is 0 Å². The molecule has 0 aromatic heterocycles. The largest absolute Gasteiger partial charge is 0.313 e. The highest BCUT2D eigenvalue weighted by Crippen LogP contribution is 2.23. The van der Waals surface area contributed by atoms with E-state index in [0.29, 0.717) is 12.1 Å². The van der Waals surface area contributed by atoms with Crippen molar-refractivity contribution in [3.05, 3.63) is 35.4 Å². The third kappa shape index (κ3) is 4.32. The highest BCUT2D eigenvalue weighted by Gasteiger charge is 2.15. The van der Waals surface area contributed by atoms with Gasteiger partial charge in [-0.3, -0.25) is 0 Å². The van der Waals surface area contributed by atoms with Crippen LogP contribution in [0.5, 0.6) is 0 Å². The molecule has 2 N–H and O–H groups in total. The summed E-state index contributed by atoms with van der Waals surface area (Å²) in [5.74, 6) is 0. The molecule has 20 heavy (non-hydrogen) atoms. The summed E-state index contributed by atoms with van der Waals surface area (Å²) >= 11 is 0. The molecule has 2 atom stereocenters. The van der Waals surface area contributed by atoms with Crippen molar-refractivity contribution in [1.82, 2.24) is 10.6 Å². The highest BCUT2D eigenvalue weighted by molar-refractivity contribution is 5.29. The average molecular weight is 274 g/mol.